The van der Waals surface area contributed by atoms with Gasteiger partial charge in [0.05, 0.1) is 22.9 Å². The van der Waals surface area contributed by atoms with Gasteiger partial charge in [-0.1, -0.05) is 20.3 Å². The van der Waals surface area contributed by atoms with Crippen LogP contribution in [-0.4, -0.2) is 49.3 Å². The van der Waals surface area contributed by atoms with E-state index < -0.39 is 10.0 Å². The van der Waals surface area contributed by atoms with Gasteiger partial charge in [-0.25, -0.2) is 8.42 Å². The summed E-state index contributed by atoms with van der Waals surface area (Å²) < 4.78 is 32.8. The molecule has 1 fully saturated rings. The molecule has 1 aliphatic rings. The van der Waals surface area contributed by atoms with Crippen molar-refractivity contribution in [3.05, 3.63) is 18.2 Å². The van der Waals surface area contributed by atoms with Gasteiger partial charge in [-0.2, -0.15) is 4.31 Å². The molecule has 2 rings (SSSR count). The summed E-state index contributed by atoms with van der Waals surface area (Å²) in [6.45, 7) is 7.41. The third-order valence-electron chi connectivity index (χ3n) is 4.03. The molecule has 146 valence electrons. The van der Waals surface area contributed by atoms with Crippen LogP contribution in [0.5, 0.6) is 5.75 Å². The van der Waals surface area contributed by atoms with Crippen LogP contribution >= 0.6 is 11.8 Å². The van der Waals surface area contributed by atoms with Crippen LogP contribution in [0.4, 0.5) is 5.69 Å². The van der Waals surface area contributed by atoms with Crippen molar-refractivity contribution < 1.29 is 17.9 Å². The number of nitrogens with zero attached hydrogens (tertiary/aromatic N) is 1. The number of rotatable bonds is 8. The maximum Gasteiger partial charge on any atom is 0.243 e. The van der Waals surface area contributed by atoms with E-state index >= 15 is 0 Å². The topological polar surface area (TPSA) is 75.7 Å². The Kier molecular flexibility index (Phi) is 7.79. The number of ether oxygens (including phenoxy) is 1. The molecule has 1 aliphatic heterocycles. The van der Waals surface area contributed by atoms with Crippen molar-refractivity contribution >= 4 is 33.4 Å². The van der Waals surface area contributed by atoms with E-state index in [0.29, 0.717) is 42.1 Å². The first-order valence-electron chi connectivity index (χ1n) is 9.03. The molecule has 0 aromatic heterocycles. The van der Waals surface area contributed by atoms with E-state index in [9.17, 15) is 13.2 Å². The van der Waals surface area contributed by atoms with Crippen LogP contribution in [0.15, 0.2) is 23.1 Å². The molecule has 1 aromatic rings. The number of piperidine rings is 1. The number of hydrogen-bond acceptors (Lipinski definition) is 5. The molecule has 6 nitrogen and oxygen atoms in total. The largest absolute Gasteiger partial charge is 0.492 e. The van der Waals surface area contributed by atoms with Crippen LogP contribution in [0, 0.1) is 0 Å². The molecule has 0 spiro atoms. The van der Waals surface area contributed by atoms with Crippen LogP contribution in [0.2, 0.25) is 0 Å². The van der Waals surface area contributed by atoms with Gasteiger partial charge in [0, 0.05) is 13.1 Å². The second kappa shape index (κ2) is 9.62. The summed E-state index contributed by atoms with van der Waals surface area (Å²) in [7, 11) is -3.56. The minimum Gasteiger partial charge on any atom is -0.492 e. The molecular formula is C18H28N2O4S2. The Bertz CT molecular complexity index is 714. The monoisotopic (exact) mass is 400 g/mol. The summed E-state index contributed by atoms with van der Waals surface area (Å²) in [5.41, 5.74) is 0.402. The summed E-state index contributed by atoms with van der Waals surface area (Å²) in [6, 6.07) is 4.67. The quantitative estimate of drug-likeness (QED) is 0.724. The highest BCUT2D eigenvalue weighted by Crippen LogP contribution is 2.30. The zero-order valence-corrected chi connectivity index (χ0v) is 17.3. The van der Waals surface area contributed by atoms with Gasteiger partial charge in [-0.3, -0.25) is 4.79 Å². The molecule has 0 saturated carbocycles. The molecule has 1 heterocycles. The highest BCUT2D eigenvalue weighted by atomic mass is 32.2. The van der Waals surface area contributed by atoms with Gasteiger partial charge in [-0.05, 0) is 43.2 Å². The lowest BCUT2D eigenvalue weighted by Gasteiger charge is -2.26. The predicted octanol–water partition coefficient (Wildman–Crippen LogP) is 3.34. The van der Waals surface area contributed by atoms with E-state index in [1.54, 1.807) is 12.1 Å². The Balaban J connectivity index is 2.24. The average Bonchev–Trinajstić information content (AvgIpc) is 2.62. The van der Waals surface area contributed by atoms with Crippen LogP contribution in [0.1, 0.15) is 40.0 Å². The van der Waals surface area contributed by atoms with Crippen molar-refractivity contribution in [2.24, 2.45) is 0 Å². The van der Waals surface area contributed by atoms with E-state index in [1.807, 2.05) is 20.8 Å². The highest BCUT2D eigenvalue weighted by molar-refractivity contribution is 8.00. The fourth-order valence-electron chi connectivity index (χ4n) is 2.73. The molecular weight excluding hydrogens is 372 g/mol. The van der Waals surface area contributed by atoms with Gasteiger partial charge in [0.1, 0.15) is 5.75 Å². The Labute approximate surface area is 160 Å². The number of thioether (sulfide) groups is 1. The summed E-state index contributed by atoms with van der Waals surface area (Å²) in [5.74, 6) is 0.622. The first-order chi connectivity index (χ1) is 12.3. The maximum atomic E-state index is 12.9. The van der Waals surface area contributed by atoms with Gasteiger partial charge in [-0.15, -0.1) is 11.8 Å². The molecule has 0 unspecified atom stereocenters. The first-order valence-corrected chi connectivity index (χ1v) is 11.5. The second-order valence-corrected chi connectivity index (χ2v) is 9.97. The summed E-state index contributed by atoms with van der Waals surface area (Å²) >= 11 is 1.53. The summed E-state index contributed by atoms with van der Waals surface area (Å²) in [4.78, 5) is 12.4. The van der Waals surface area contributed by atoms with E-state index in [0.717, 1.165) is 19.3 Å². The summed E-state index contributed by atoms with van der Waals surface area (Å²) in [5, 5.41) is 3.14. The number of carbonyl (C=O) groups excluding carboxylic acids is 1. The molecule has 8 heteroatoms. The van der Waals surface area contributed by atoms with E-state index in [4.69, 9.17) is 4.74 Å². The lowest BCUT2D eigenvalue weighted by molar-refractivity contribution is -0.113. The lowest BCUT2D eigenvalue weighted by Crippen LogP contribution is -2.35. The molecule has 0 bridgehead atoms. The number of sulfonamides is 1. The Morgan fingerprint density at radius 1 is 1.27 bits per heavy atom. The van der Waals surface area contributed by atoms with Crippen LogP contribution in [-0.2, 0) is 14.8 Å². The maximum absolute atomic E-state index is 12.9. The van der Waals surface area contributed by atoms with Gasteiger partial charge in [0.15, 0.2) is 0 Å². The van der Waals surface area contributed by atoms with Crippen molar-refractivity contribution in [1.29, 1.82) is 0 Å². The molecule has 0 radical (unpaired) electrons. The first kappa shape index (κ1) is 21.1. The second-order valence-electron chi connectivity index (χ2n) is 6.46. The normalized spacial score (nSPS) is 15.8. The molecule has 26 heavy (non-hydrogen) atoms. The van der Waals surface area contributed by atoms with Gasteiger partial charge in [0.2, 0.25) is 15.9 Å². The number of amides is 1. The average molecular weight is 401 g/mol. The van der Waals surface area contributed by atoms with Crippen molar-refractivity contribution in [2.45, 2.75) is 50.2 Å². The van der Waals surface area contributed by atoms with Gasteiger partial charge < -0.3 is 10.1 Å². The number of anilines is 1. The fourth-order valence-corrected chi connectivity index (χ4v) is 4.83. The third-order valence-corrected chi connectivity index (χ3v) is 7.02. The number of carbonyl (C=O) groups is 1. The minimum absolute atomic E-state index is 0.169. The minimum atomic E-state index is -3.56. The van der Waals surface area contributed by atoms with Crippen molar-refractivity contribution in [2.75, 3.05) is 30.8 Å². The molecule has 1 N–H and O–H groups in total. The Morgan fingerprint density at radius 2 is 1.96 bits per heavy atom. The van der Waals surface area contributed by atoms with E-state index in [2.05, 4.69) is 5.32 Å². The number of nitrogens with one attached hydrogen (secondary N) is 1. The molecule has 0 aliphatic carbocycles. The van der Waals surface area contributed by atoms with Crippen molar-refractivity contribution in [1.82, 2.24) is 4.31 Å². The highest BCUT2D eigenvalue weighted by Gasteiger charge is 2.27. The Morgan fingerprint density at radius 3 is 2.58 bits per heavy atom. The Hall–Kier alpha value is -1.25. The standard InChI is InChI=1S/C18H28N2O4S2/c1-4-24-17-9-8-15(26(22,23)20-10-6-5-7-11-20)12-16(17)19-18(21)13-25-14(2)3/h8-9,12,14H,4-7,10-11,13H2,1-3H3,(H,19,21). The van der Waals surface area contributed by atoms with Crippen molar-refractivity contribution in [3.8, 4) is 5.75 Å². The molecule has 1 amide bonds. The number of benzene rings is 1. The predicted molar refractivity (Wildman–Crippen MR) is 106 cm³/mol. The van der Waals surface area contributed by atoms with E-state index in [1.165, 1.54) is 22.1 Å². The van der Waals surface area contributed by atoms with Crippen LogP contribution in [0.25, 0.3) is 0 Å². The zero-order chi connectivity index (χ0) is 19.2. The van der Waals surface area contributed by atoms with E-state index in [-0.39, 0.29) is 10.8 Å². The van der Waals surface area contributed by atoms with Crippen LogP contribution < -0.4 is 10.1 Å². The third kappa shape index (κ3) is 5.62. The zero-order valence-electron chi connectivity index (χ0n) is 15.7. The summed E-state index contributed by atoms with van der Waals surface area (Å²) in [6.07, 6.45) is 2.82. The van der Waals surface area contributed by atoms with Gasteiger partial charge in [0.25, 0.3) is 0 Å². The molecule has 0 atom stereocenters. The van der Waals surface area contributed by atoms with Gasteiger partial charge >= 0.3 is 0 Å². The molecule has 1 aromatic carbocycles. The fraction of sp³-hybridized carbons (Fsp3) is 0.611. The SMILES string of the molecule is CCOc1ccc(S(=O)(=O)N2CCCCC2)cc1NC(=O)CSC(C)C. The molecule has 1 saturated heterocycles. The smallest absolute Gasteiger partial charge is 0.243 e. The lowest BCUT2D eigenvalue weighted by atomic mass is 10.2. The number of hydrogen-bond donors (Lipinski definition) is 1. The van der Waals surface area contributed by atoms with Crippen molar-refractivity contribution in [3.63, 3.8) is 0 Å². The van der Waals surface area contributed by atoms with Crippen LogP contribution in [0.3, 0.4) is 0 Å².